The van der Waals surface area contributed by atoms with Gasteiger partial charge in [-0.2, -0.15) is 0 Å². The van der Waals surface area contributed by atoms with Crippen LogP contribution in [0.25, 0.3) is 6.08 Å². The largest absolute Gasteiger partial charge is 0.369 e. The Balaban J connectivity index is 2.33. The Morgan fingerprint density at radius 1 is 1.27 bits per heavy atom. The smallest absolute Gasteiger partial charge is 0.235 e. The number of anilines is 1. The van der Waals surface area contributed by atoms with Gasteiger partial charge in [0.05, 0.1) is 10.6 Å². The summed E-state index contributed by atoms with van der Waals surface area (Å²) in [6.07, 6.45) is 3.63. The highest BCUT2D eigenvalue weighted by Crippen LogP contribution is 2.24. The van der Waals surface area contributed by atoms with Crippen molar-refractivity contribution in [3.63, 3.8) is 0 Å². The Bertz CT molecular complexity index is 867. The van der Waals surface area contributed by atoms with Crippen LogP contribution in [0.2, 0.25) is 5.02 Å². The Labute approximate surface area is 159 Å². The van der Waals surface area contributed by atoms with E-state index in [1.54, 1.807) is 18.2 Å². The van der Waals surface area contributed by atoms with E-state index < -0.39 is 0 Å². The topological polar surface area (TPSA) is 131 Å². The summed E-state index contributed by atoms with van der Waals surface area (Å²) in [5.74, 6) is -0.377. The predicted molar refractivity (Wildman–Crippen MR) is 107 cm³/mol. The van der Waals surface area contributed by atoms with E-state index in [1.165, 1.54) is 18.3 Å². The number of halogens is 1. The molecule has 0 atom stereocenters. The minimum Gasteiger partial charge on any atom is -0.369 e. The molecule has 26 heavy (non-hydrogen) atoms. The summed E-state index contributed by atoms with van der Waals surface area (Å²) in [5.41, 5.74) is 18.1. The van der Waals surface area contributed by atoms with Gasteiger partial charge in [0.2, 0.25) is 17.0 Å². The van der Waals surface area contributed by atoms with E-state index in [1.807, 2.05) is 25.1 Å². The third kappa shape index (κ3) is 5.87. The first-order valence-corrected chi connectivity index (χ1v) is 8.65. The number of nitrogens with one attached hydrogen (secondary N) is 2. The lowest BCUT2D eigenvalue weighted by Crippen LogP contribution is -2.26. The van der Waals surface area contributed by atoms with Gasteiger partial charge < -0.3 is 11.5 Å². The lowest BCUT2D eigenvalue weighted by molar-refractivity contribution is -0.118. The fourth-order valence-corrected chi connectivity index (χ4v) is 2.85. The SMILES string of the molecule is CC(=O)NNc1nc(C)c(C(/C=C\c2ccc(Cl)cc2)=N\N=C(N)N)s1. The van der Waals surface area contributed by atoms with Crippen LogP contribution in [0.3, 0.4) is 0 Å². The molecule has 6 N–H and O–H groups in total. The number of benzene rings is 1. The van der Waals surface area contributed by atoms with Gasteiger partial charge in [0.1, 0.15) is 5.71 Å². The standard InChI is InChI=1S/C16H18ClN7OS/c1-9-14(26-16(20-9)24-21-10(2)25)13(22-23-15(18)19)8-5-11-3-6-12(17)7-4-11/h3-8H,1-2H3,(H,20,24)(H,21,25)(H4,18,19,23)/b8-5-,22-13-. The molecule has 136 valence electrons. The average molecular weight is 392 g/mol. The van der Waals surface area contributed by atoms with Crippen molar-refractivity contribution in [2.75, 3.05) is 5.43 Å². The molecule has 1 aromatic carbocycles. The zero-order valence-electron chi connectivity index (χ0n) is 14.2. The van der Waals surface area contributed by atoms with Crippen LogP contribution < -0.4 is 22.3 Å². The van der Waals surface area contributed by atoms with E-state index in [0.717, 1.165) is 10.4 Å². The van der Waals surface area contributed by atoms with Gasteiger partial charge in [-0.05, 0) is 30.7 Å². The number of guanidine groups is 1. The van der Waals surface area contributed by atoms with Gasteiger partial charge in [-0.25, -0.2) is 4.98 Å². The molecule has 0 radical (unpaired) electrons. The zero-order chi connectivity index (χ0) is 19.1. The van der Waals surface area contributed by atoms with Crippen LogP contribution in [-0.4, -0.2) is 22.6 Å². The molecule has 0 aliphatic heterocycles. The molecule has 10 heteroatoms. The van der Waals surface area contributed by atoms with Gasteiger partial charge in [-0.1, -0.05) is 41.1 Å². The highest BCUT2D eigenvalue weighted by molar-refractivity contribution is 7.17. The number of nitrogens with zero attached hydrogens (tertiary/aromatic N) is 3. The lowest BCUT2D eigenvalue weighted by Gasteiger charge is -2.00. The molecule has 1 amide bonds. The number of carbonyl (C=O) groups excluding carboxylic acids is 1. The lowest BCUT2D eigenvalue weighted by atomic mass is 10.1. The second-order valence-electron chi connectivity index (χ2n) is 5.13. The summed E-state index contributed by atoms with van der Waals surface area (Å²) >= 11 is 7.20. The van der Waals surface area contributed by atoms with Crippen molar-refractivity contribution in [2.24, 2.45) is 21.7 Å². The third-order valence-electron chi connectivity index (χ3n) is 2.95. The number of aromatic nitrogens is 1. The van der Waals surface area contributed by atoms with E-state index in [-0.39, 0.29) is 11.9 Å². The number of amides is 1. The molecule has 0 saturated heterocycles. The van der Waals surface area contributed by atoms with E-state index in [4.69, 9.17) is 23.1 Å². The summed E-state index contributed by atoms with van der Waals surface area (Å²) < 4.78 is 0. The minimum absolute atomic E-state index is 0.152. The highest BCUT2D eigenvalue weighted by Gasteiger charge is 2.12. The predicted octanol–water partition coefficient (Wildman–Crippen LogP) is 2.26. The molecule has 2 aromatic rings. The van der Waals surface area contributed by atoms with E-state index in [0.29, 0.717) is 21.6 Å². The van der Waals surface area contributed by atoms with Crippen molar-refractivity contribution >= 4 is 51.7 Å². The van der Waals surface area contributed by atoms with Crippen LogP contribution in [0.1, 0.15) is 23.1 Å². The fraction of sp³-hybridized carbons (Fsp3) is 0.125. The minimum atomic E-state index is -0.226. The number of rotatable bonds is 6. The van der Waals surface area contributed by atoms with E-state index >= 15 is 0 Å². The van der Waals surface area contributed by atoms with Crippen molar-refractivity contribution in [3.05, 3.63) is 51.5 Å². The van der Waals surface area contributed by atoms with E-state index in [2.05, 4.69) is 26.0 Å². The maximum atomic E-state index is 11.0. The first kappa shape index (κ1) is 19.4. The van der Waals surface area contributed by atoms with Crippen LogP contribution in [0.5, 0.6) is 0 Å². The highest BCUT2D eigenvalue weighted by atomic mass is 35.5. The zero-order valence-corrected chi connectivity index (χ0v) is 15.7. The van der Waals surface area contributed by atoms with Crippen LogP contribution in [0.4, 0.5) is 5.13 Å². The van der Waals surface area contributed by atoms with Gasteiger partial charge in [-0.3, -0.25) is 15.6 Å². The monoisotopic (exact) mass is 391 g/mol. The Morgan fingerprint density at radius 2 is 1.96 bits per heavy atom. The number of nitrogens with two attached hydrogens (primary N) is 2. The Kier molecular flexibility index (Phi) is 6.70. The fourth-order valence-electron chi connectivity index (χ4n) is 1.84. The molecular weight excluding hydrogens is 374 g/mol. The molecule has 8 nitrogen and oxygen atoms in total. The second kappa shape index (κ2) is 8.97. The summed E-state index contributed by atoms with van der Waals surface area (Å²) in [7, 11) is 0. The molecule has 1 heterocycles. The number of hydrogen-bond acceptors (Lipinski definition) is 6. The van der Waals surface area contributed by atoms with Crippen molar-refractivity contribution in [1.82, 2.24) is 10.4 Å². The third-order valence-corrected chi connectivity index (χ3v) is 4.30. The van der Waals surface area contributed by atoms with Crippen molar-refractivity contribution in [2.45, 2.75) is 13.8 Å². The molecule has 2 rings (SSSR count). The first-order chi connectivity index (χ1) is 12.3. The number of aryl methyl sites for hydroxylation is 1. The number of carbonyl (C=O) groups is 1. The summed E-state index contributed by atoms with van der Waals surface area (Å²) in [4.78, 5) is 16.1. The summed E-state index contributed by atoms with van der Waals surface area (Å²) in [6.45, 7) is 3.22. The number of thiazole rings is 1. The number of hydrogen-bond donors (Lipinski definition) is 4. The molecule has 0 saturated carbocycles. The van der Waals surface area contributed by atoms with Gasteiger partial charge in [0.25, 0.3) is 0 Å². The molecule has 1 aromatic heterocycles. The summed E-state index contributed by atoms with van der Waals surface area (Å²) in [6, 6.07) is 7.34. The number of hydrazine groups is 1. The van der Waals surface area contributed by atoms with Crippen molar-refractivity contribution in [1.29, 1.82) is 0 Å². The van der Waals surface area contributed by atoms with Crippen LogP contribution in [-0.2, 0) is 4.79 Å². The van der Waals surface area contributed by atoms with Crippen LogP contribution in [0.15, 0.2) is 40.5 Å². The summed E-state index contributed by atoms with van der Waals surface area (Å²) in [5, 5.41) is 9.00. The maximum absolute atomic E-state index is 11.0. The molecule has 0 fully saturated rings. The van der Waals surface area contributed by atoms with Crippen molar-refractivity contribution in [3.8, 4) is 0 Å². The molecule has 0 bridgehead atoms. The molecular formula is C16H18ClN7OS. The van der Waals surface area contributed by atoms with Gasteiger partial charge in [0.15, 0.2) is 0 Å². The van der Waals surface area contributed by atoms with Gasteiger partial charge >= 0.3 is 0 Å². The quantitative estimate of drug-likeness (QED) is 0.341. The Hall–Kier alpha value is -2.91. The van der Waals surface area contributed by atoms with Gasteiger partial charge in [0, 0.05) is 11.9 Å². The second-order valence-corrected chi connectivity index (χ2v) is 6.57. The molecule has 0 aliphatic rings. The Morgan fingerprint density at radius 3 is 2.58 bits per heavy atom. The van der Waals surface area contributed by atoms with Crippen LogP contribution >= 0.6 is 22.9 Å². The van der Waals surface area contributed by atoms with Crippen LogP contribution in [0, 0.1) is 6.92 Å². The molecule has 0 unspecified atom stereocenters. The van der Waals surface area contributed by atoms with Crippen molar-refractivity contribution < 1.29 is 4.79 Å². The molecule has 0 aliphatic carbocycles. The van der Waals surface area contributed by atoms with E-state index in [9.17, 15) is 4.79 Å². The molecule has 0 spiro atoms. The maximum Gasteiger partial charge on any atom is 0.235 e. The average Bonchev–Trinajstić information content (AvgIpc) is 2.95. The van der Waals surface area contributed by atoms with Gasteiger partial charge in [-0.15, -0.1) is 10.2 Å². The number of allylic oxidation sites excluding steroid dienone is 1. The normalized spacial score (nSPS) is 11.4. The first-order valence-electron chi connectivity index (χ1n) is 7.46.